The first-order valence-corrected chi connectivity index (χ1v) is 7.50. The molecule has 0 bridgehead atoms. The monoisotopic (exact) mass is 344 g/mol. The molecule has 0 aliphatic carbocycles. The Kier molecular flexibility index (Phi) is 6.28. The lowest BCUT2D eigenvalue weighted by atomic mass is 10.2. The largest absolute Gasteiger partial charge is 0.493 e. The van der Waals surface area contributed by atoms with Gasteiger partial charge in [0.15, 0.2) is 23.0 Å². The molecule has 0 heterocycles. The van der Waals surface area contributed by atoms with Gasteiger partial charge in [-0.1, -0.05) is 12.1 Å². The van der Waals surface area contributed by atoms with Crippen molar-refractivity contribution < 1.29 is 28.8 Å². The number of carbonyl (C=O) groups is 1. The highest BCUT2D eigenvalue weighted by atomic mass is 16.5. The van der Waals surface area contributed by atoms with E-state index in [0.29, 0.717) is 35.2 Å². The van der Waals surface area contributed by atoms with Gasteiger partial charge in [-0.2, -0.15) is 0 Å². The van der Waals surface area contributed by atoms with Crippen molar-refractivity contribution in [3.05, 3.63) is 53.6 Å². The van der Waals surface area contributed by atoms with E-state index in [1.165, 1.54) is 13.2 Å². The van der Waals surface area contributed by atoms with Crippen LogP contribution in [-0.4, -0.2) is 32.4 Å². The van der Waals surface area contributed by atoms with Crippen LogP contribution in [0.15, 0.2) is 42.5 Å². The molecule has 132 valence electrons. The molecular weight excluding hydrogens is 324 g/mol. The van der Waals surface area contributed by atoms with Gasteiger partial charge in [-0.05, 0) is 41.5 Å². The minimum absolute atomic E-state index is 0.320. The molecule has 25 heavy (non-hydrogen) atoms. The van der Waals surface area contributed by atoms with Crippen LogP contribution in [0.1, 0.15) is 11.1 Å². The third-order valence-electron chi connectivity index (χ3n) is 3.45. The molecule has 0 saturated heterocycles. The summed E-state index contributed by atoms with van der Waals surface area (Å²) in [6.45, 7) is 0.320. The average molecular weight is 344 g/mol. The second-order valence-electron chi connectivity index (χ2n) is 5.06. The lowest BCUT2D eigenvalue weighted by Gasteiger charge is -2.13. The van der Waals surface area contributed by atoms with Crippen LogP contribution in [0.25, 0.3) is 6.08 Å². The first kappa shape index (κ1) is 18.2. The Morgan fingerprint density at radius 1 is 0.920 bits per heavy atom. The van der Waals surface area contributed by atoms with Crippen molar-refractivity contribution in [3.63, 3.8) is 0 Å². The van der Waals surface area contributed by atoms with Crippen molar-refractivity contribution in [2.24, 2.45) is 0 Å². The van der Waals surface area contributed by atoms with Crippen LogP contribution in [-0.2, 0) is 11.4 Å². The molecule has 0 unspecified atom stereocenters. The maximum atomic E-state index is 10.6. The lowest BCUT2D eigenvalue weighted by molar-refractivity contribution is -0.131. The number of benzene rings is 2. The van der Waals surface area contributed by atoms with Crippen molar-refractivity contribution in [1.29, 1.82) is 0 Å². The number of aliphatic carboxylic acids is 1. The minimum Gasteiger partial charge on any atom is -0.493 e. The van der Waals surface area contributed by atoms with E-state index in [0.717, 1.165) is 11.6 Å². The average Bonchev–Trinajstić information content (AvgIpc) is 2.64. The summed E-state index contributed by atoms with van der Waals surface area (Å²) < 4.78 is 21.6. The Morgan fingerprint density at radius 2 is 1.56 bits per heavy atom. The molecule has 6 heteroatoms. The number of hydrogen-bond acceptors (Lipinski definition) is 5. The van der Waals surface area contributed by atoms with Crippen molar-refractivity contribution in [2.45, 2.75) is 6.61 Å². The summed E-state index contributed by atoms with van der Waals surface area (Å²) in [5, 5.41) is 8.68. The van der Waals surface area contributed by atoms with E-state index in [-0.39, 0.29) is 0 Å². The van der Waals surface area contributed by atoms with Crippen molar-refractivity contribution in [2.75, 3.05) is 21.3 Å². The highest BCUT2D eigenvalue weighted by Gasteiger charge is 2.08. The number of carboxylic acid groups (broad SMARTS) is 1. The molecule has 0 radical (unpaired) electrons. The predicted octanol–water partition coefficient (Wildman–Crippen LogP) is 3.39. The number of rotatable bonds is 8. The highest BCUT2D eigenvalue weighted by molar-refractivity contribution is 5.85. The zero-order valence-corrected chi connectivity index (χ0v) is 14.3. The molecule has 2 aromatic rings. The molecule has 0 fully saturated rings. The van der Waals surface area contributed by atoms with E-state index in [4.69, 9.17) is 24.1 Å². The van der Waals surface area contributed by atoms with E-state index in [1.807, 2.05) is 18.2 Å². The standard InChI is InChI=1S/C19H20O6/c1-22-15-7-5-14(11-17(15)23-2)12-25-16-8-4-13(6-9-19(20)21)10-18(16)24-3/h4-11H,12H2,1-3H3,(H,20,21). The van der Waals surface area contributed by atoms with E-state index in [2.05, 4.69) is 0 Å². The van der Waals surface area contributed by atoms with Gasteiger partial charge in [0, 0.05) is 6.08 Å². The SMILES string of the molecule is COc1ccc(COc2ccc(C=CC(=O)O)cc2OC)cc1OC. The Hall–Kier alpha value is -3.15. The number of ether oxygens (including phenoxy) is 4. The fourth-order valence-electron chi connectivity index (χ4n) is 2.21. The van der Waals surface area contributed by atoms with Gasteiger partial charge in [-0.3, -0.25) is 0 Å². The molecule has 6 nitrogen and oxygen atoms in total. The van der Waals surface area contributed by atoms with E-state index in [1.54, 1.807) is 32.4 Å². The van der Waals surface area contributed by atoms with E-state index < -0.39 is 5.97 Å². The van der Waals surface area contributed by atoms with E-state index in [9.17, 15) is 4.79 Å². The zero-order valence-electron chi connectivity index (χ0n) is 14.3. The maximum Gasteiger partial charge on any atom is 0.328 e. The van der Waals surface area contributed by atoms with Gasteiger partial charge in [0.1, 0.15) is 6.61 Å². The van der Waals surface area contributed by atoms with Crippen LogP contribution in [0.2, 0.25) is 0 Å². The van der Waals surface area contributed by atoms with Crippen molar-refractivity contribution in [3.8, 4) is 23.0 Å². The first-order valence-electron chi connectivity index (χ1n) is 7.50. The van der Waals surface area contributed by atoms with Gasteiger partial charge in [0.05, 0.1) is 21.3 Å². The molecule has 0 atom stereocenters. The molecule has 0 aliphatic heterocycles. The lowest BCUT2D eigenvalue weighted by Crippen LogP contribution is -1.99. The molecule has 2 rings (SSSR count). The maximum absolute atomic E-state index is 10.6. The van der Waals surface area contributed by atoms with Gasteiger partial charge in [-0.25, -0.2) is 4.79 Å². The van der Waals surface area contributed by atoms with Crippen LogP contribution in [0.3, 0.4) is 0 Å². The number of hydrogen-bond donors (Lipinski definition) is 1. The van der Waals surface area contributed by atoms with Crippen LogP contribution >= 0.6 is 0 Å². The molecule has 0 spiro atoms. The fraction of sp³-hybridized carbons (Fsp3) is 0.211. The first-order chi connectivity index (χ1) is 12.1. The normalized spacial score (nSPS) is 10.5. The third kappa shape index (κ3) is 4.91. The third-order valence-corrected chi connectivity index (χ3v) is 3.45. The van der Waals surface area contributed by atoms with Crippen LogP contribution < -0.4 is 18.9 Å². The molecular formula is C19H20O6. The Morgan fingerprint density at radius 3 is 2.20 bits per heavy atom. The molecule has 0 amide bonds. The van der Waals surface area contributed by atoms with Gasteiger partial charge in [-0.15, -0.1) is 0 Å². The molecule has 1 N–H and O–H groups in total. The summed E-state index contributed by atoms with van der Waals surface area (Å²) in [4.78, 5) is 10.6. The minimum atomic E-state index is -1.01. The zero-order chi connectivity index (χ0) is 18.2. The van der Waals surface area contributed by atoms with Gasteiger partial charge in [0.25, 0.3) is 0 Å². The van der Waals surface area contributed by atoms with Crippen LogP contribution in [0.5, 0.6) is 23.0 Å². The molecule has 2 aromatic carbocycles. The fourth-order valence-corrected chi connectivity index (χ4v) is 2.21. The van der Waals surface area contributed by atoms with Gasteiger partial charge < -0.3 is 24.1 Å². The Balaban J connectivity index is 2.13. The highest BCUT2D eigenvalue weighted by Crippen LogP contribution is 2.31. The smallest absolute Gasteiger partial charge is 0.328 e. The molecule has 0 aromatic heterocycles. The summed E-state index contributed by atoms with van der Waals surface area (Å²) in [7, 11) is 4.69. The second kappa shape index (κ2) is 8.63. The topological polar surface area (TPSA) is 74.2 Å². The molecule has 0 saturated carbocycles. The van der Waals surface area contributed by atoms with Crippen molar-refractivity contribution in [1.82, 2.24) is 0 Å². The van der Waals surface area contributed by atoms with Gasteiger partial charge >= 0.3 is 5.97 Å². The summed E-state index contributed by atoms with van der Waals surface area (Å²) in [5.74, 6) is 1.36. The quantitative estimate of drug-likeness (QED) is 0.740. The molecule has 0 aliphatic rings. The van der Waals surface area contributed by atoms with Crippen molar-refractivity contribution >= 4 is 12.0 Å². The van der Waals surface area contributed by atoms with Crippen LogP contribution in [0.4, 0.5) is 0 Å². The van der Waals surface area contributed by atoms with E-state index >= 15 is 0 Å². The predicted molar refractivity (Wildman–Crippen MR) is 93.5 cm³/mol. The second-order valence-corrected chi connectivity index (χ2v) is 5.06. The van der Waals surface area contributed by atoms with Crippen LogP contribution in [0, 0.1) is 0 Å². The summed E-state index contributed by atoms with van der Waals surface area (Å²) >= 11 is 0. The number of methoxy groups -OCH3 is 3. The Bertz CT molecular complexity index is 767. The Labute approximate surface area is 146 Å². The summed E-state index contributed by atoms with van der Waals surface area (Å²) in [5.41, 5.74) is 1.62. The summed E-state index contributed by atoms with van der Waals surface area (Å²) in [6.07, 6.45) is 2.56. The van der Waals surface area contributed by atoms with Gasteiger partial charge in [0.2, 0.25) is 0 Å². The number of carboxylic acids is 1. The summed E-state index contributed by atoms with van der Waals surface area (Å²) in [6, 6.07) is 10.7.